The molecule has 0 unspecified atom stereocenters. The Morgan fingerprint density at radius 2 is 1.86 bits per heavy atom. The molecule has 2 aromatic heterocycles. The van der Waals surface area contributed by atoms with Crippen LogP contribution < -0.4 is 4.74 Å². The summed E-state index contributed by atoms with van der Waals surface area (Å²) in [5.74, 6) is 0.274. The van der Waals surface area contributed by atoms with E-state index in [1.807, 2.05) is 19.1 Å². The lowest BCUT2D eigenvalue weighted by atomic mass is 10.1. The van der Waals surface area contributed by atoms with Gasteiger partial charge in [-0.1, -0.05) is 24.3 Å². The number of nitrogens with zero attached hydrogens (tertiary/aromatic N) is 4. The number of carbonyl (C=O) groups excluding carboxylic acids is 1. The van der Waals surface area contributed by atoms with Crippen molar-refractivity contribution in [3.05, 3.63) is 87.3 Å². The van der Waals surface area contributed by atoms with Gasteiger partial charge in [-0.15, -0.1) is 11.3 Å². The minimum absolute atomic E-state index is 0.210. The predicted octanol–water partition coefficient (Wildman–Crippen LogP) is 5.01. The molecule has 1 amide bonds. The average Bonchev–Trinajstić information content (AvgIpc) is 3.19. The summed E-state index contributed by atoms with van der Waals surface area (Å²) in [4.78, 5) is 25.6. The van der Waals surface area contributed by atoms with Crippen LogP contribution >= 0.6 is 11.3 Å². The molecule has 0 saturated carbocycles. The van der Waals surface area contributed by atoms with Gasteiger partial charge in [0.1, 0.15) is 17.3 Å². The van der Waals surface area contributed by atoms with Gasteiger partial charge in [0.05, 0.1) is 29.0 Å². The molecule has 35 heavy (non-hydrogen) atoms. The van der Waals surface area contributed by atoms with Crippen LogP contribution in [0.15, 0.2) is 48.5 Å². The summed E-state index contributed by atoms with van der Waals surface area (Å²) in [6, 6.07) is 15.3. The minimum Gasteiger partial charge on any atom is -0.480 e. The second kappa shape index (κ2) is 10.6. The maximum Gasteiger partial charge on any atom is 0.264 e. The maximum absolute atomic E-state index is 13.9. The Labute approximate surface area is 206 Å². The van der Waals surface area contributed by atoms with Gasteiger partial charge in [-0.25, -0.2) is 9.37 Å². The van der Waals surface area contributed by atoms with E-state index >= 15 is 0 Å². The highest BCUT2D eigenvalue weighted by atomic mass is 32.1. The smallest absolute Gasteiger partial charge is 0.264 e. The molecule has 7 nitrogen and oxygen atoms in total. The Kier molecular flexibility index (Phi) is 7.34. The number of nitriles is 1. The number of methoxy groups -OCH3 is 2. The summed E-state index contributed by atoms with van der Waals surface area (Å²) < 4.78 is 24.5. The van der Waals surface area contributed by atoms with Gasteiger partial charge < -0.3 is 14.4 Å². The van der Waals surface area contributed by atoms with E-state index in [1.165, 1.54) is 30.6 Å². The van der Waals surface area contributed by atoms with Crippen LogP contribution in [0, 0.1) is 24.1 Å². The van der Waals surface area contributed by atoms with E-state index in [9.17, 15) is 9.18 Å². The van der Waals surface area contributed by atoms with Crippen LogP contribution in [0.5, 0.6) is 5.88 Å². The SMILES string of the molecule is COCc1nc(OC)c2c(C)c(C(=O)N(Cc3ccc(C#N)cc3)Cc3cccc(F)c3)sc2n1. The zero-order valence-corrected chi connectivity index (χ0v) is 20.4. The fourth-order valence-electron chi connectivity index (χ4n) is 3.79. The van der Waals surface area contributed by atoms with E-state index in [0.29, 0.717) is 37.9 Å². The van der Waals surface area contributed by atoms with Gasteiger partial charge in [0.25, 0.3) is 5.91 Å². The third-order valence-corrected chi connectivity index (χ3v) is 6.64. The van der Waals surface area contributed by atoms with Gasteiger partial charge in [-0.2, -0.15) is 10.2 Å². The largest absolute Gasteiger partial charge is 0.480 e. The highest BCUT2D eigenvalue weighted by molar-refractivity contribution is 7.20. The summed E-state index contributed by atoms with van der Waals surface area (Å²) in [6.45, 7) is 2.56. The number of benzene rings is 2. The normalized spacial score (nSPS) is 10.8. The Bertz CT molecular complexity index is 1410. The summed E-state index contributed by atoms with van der Waals surface area (Å²) in [6.07, 6.45) is 0. The number of aryl methyl sites for hydroxylation is 1. The van der Waals surface area contributed by atoms with Gasteiger partial charge >= 0.3 is 0 Å². The van der Waals surface area contributed by atoms with Gasteiger partial charge in [-0.05, 0) is 47.9 Å². The molecular formula is C26H23FN4O3S. The topological polar surface area (TPSA) is 88.3 Å². The van der Waals surface area contributed by atoms with Crippen LogP contribution in [0.1, 0.15) is 37.7 Å². The zero-order chi connectivity index (χ0) is 24.9. The fraction of sp³-hybridized carbons (Fsp3) is 0.231. The van der Waals surface area contributed by atoms with E-state index in [1.54, 1.807) is 36.3 Å². The molecule has 0 aliphatic heterocycles. The summed E-state index contributed by atoms with van der Waals surface area (Å²) in [7, 11) is 3.08. The molecule has 178 valence electrons. The van der Waals surface area contributed by atoms with Crippen LogP contribution in [-0.4, -0.2) is 35.0 Å². The zero-order valence-electron chi connectivity index (χ0n) is 19.5. The molecule has 0 aliphatic carbocycles. The molecule has 0 radical (unpaired) electrons. The molecule has 4 rings (SSSR count). The number of amides is 1. The maximum atomic E-state index is 13.9. The van der Waals surface area contributed by atoms with Crippen LogP contribution in [0.25, 0.3) is 10.2 Å². The highest BCUT2D eigenvalue weighted by Crippen LogP contribution is 2.36. The molecule has 0 saturated heterocycles. The lowest BCUT2D eigenvalue weighted by Gasteiger charge is -2.23. The molecule has 4 aromatic rings. The van der Waals surface area contributed by atoms with E-state index in [4.69, 9.17) is 14.7 Å². The Morgan fingerprint density at radius 3 is 2.51 bits per heavy atom. The number of halogens is 1. The highest BCUT2D eigenvalue weighted by Gasteiger charge is 2.25. The molecule has 0 N–H and O–H groups in total. The number of thiophene rings is 1. The molecule has 0 bridgehead atoms. The second-order valence-corrected chi connectivity index (χ2v) is 8.92. The number of aromatic nitrogens is 2. The Hall–Kier alpha value is -3.87. The predicted molar refractivity (Wildman–Crippen MR) is 131 cm³/mol. The summed E-state index contributed by atoms with van der Waals surface area (Å²) in [5.41, 5.74) is 2.78. The van der Waals surface area contributed by atoms with Gasteiger partial charge in [-0.3, -0.25) is 4.79 Å². The van der Waals surface area contributed by atoms with E-state index in [-0.39, 0.29) is 31.4 Å². The third-order valence-electron chi connectivity index (χ3n) is 5.47. The number of carbonyl (C=O) groups is 1. The lowest BCUT2D eigenvalue weighted by molar-refractivity contribution is 0.0734. The van der Waals surface area contributed by atoms with Gasteiger partial charge in [0.2, 0.25) is 5.88 Å². The van der Waals surface area contributed by atoms with E-state index in [0.717, 1.165) is 11.1 Å². The van der Waals surface area contributed by atoms with Crippen molar-refractivity contribution in [2.45, 2.75) is 26.6 Å². The van der Waals surface area contributed by atoms with Crippen LogP contribution in [-0.2, 0) is 24.4 Å². The van der Waals surface area contributed by atoms with Crippen molar-refractivity contribution in [1.82, 2.24) is 14.9 Å². The van der Waals surface area contributed by atoms with Crippen molar-refractivity contribution >= 4 is 27.5 Å². The molecule has 0 atom stereocenters. The number of hydrogen-bond acceptors (Lipinski definition) is 7. The first-order valence-electron chi connectivity index (χ1n) is 10.8. The molecule has 2 aromatic carbocycles. The third kappa shape index (κ3) is 5.29. The summed E-state index contributed by atoms with van der Waals surface area (Å²) >= 11 is 1.27. The van der Waals surface area contributed by atoms with Gasteiger partial charge in [0, 0.05) is 20.2 Å². The monoisotopic (exact) mass is 490 g/mol. The second-order valence-electron chi connectivity index (χ2n) is 7.92. The van der Waals surface area contributed by atoms with Gasteiger partial charge in [0.15, 0.2) is 5.82 Å². The van der Waals surface area contributed by atoms with Crippen molar-refractivity contribution in [3.63, 3.8) is 0 Å². The van der Waals surface area contributed by atoms with Crippen molar-refractivity contribution in [3.8, 4) is 11.9 Å². The number of ether oxygens (including phenoxy) is 2. The Balaban J connectivity index is 1.74. The Morgan fingerprint density at radius 1 is 1.11 bits per heavy atom. The molecule has 0 fully saturated rings. The van der Waals surface area contributed by atoms with Crippen molar-refractivity contribution in [2.75, 3.05) is 14.2 Å². The molecule has 2 heterocycles. The van der Waals surface area contributed by atoms with Crippen molar-refractivity contribution in [1.29, 1.82) is 5.26 Å². The molecule has 0 spiro atoms. The minimum atomic E-state index is -0.364. The summed E-state index contributed by atoms with van der Waals surface area (Å²) in [5, 5.41) is 9.77. The number of fused-ring (bicyclic) bond motifs is 1. The molecular weight excluding hydrogens is 467 g/mol. The lowest BCUT2D eigenvalue weighted by Crippen LogP contribution is -2.30. The van der Waals surface area contributed by atoms with E-state index in [2.05, 4.69) is 16.0 Å². The molecule has 0 aliphatic rings. The number of hydrogen-bond donors (Lipinski definition) is 0. The average molecular weight is 491 g/mol. The first-order valence-corrected chi connectivity index (χ1v) is 11.6. The quantitative estimate of drug-likeness (QED) is 0.345. The van der Waals surface area contributed by atoms with Crippen molar-refractivity contribution < 1.29 is 18.7 Å². The van der Waals surface area contributed by atoms with Crippen molar-refractivity contribution in [2.24, 2.45) is 0 Å². The van der Waals surface area contributed by atoms with Crippen LogP contribution in [0.3, 0.4) is 0 Å². The standard InChI is InChI=1S/C26H23FN4O3S/c1-16-22-24(34-3)29-21(15-33-2)30-25(22)35-23(16)26(32)31(14-19-5-4-6-20(27)11-19)13-18-9-7-17(12-28)8-10-18/h4-11H,13-15H2,1-3H3. The van der Waals surface area contributed by atoms with E-state index < -0.39 is 0 Å². The fourth-order valence-corrected chi connectivity index (χ4v) is 4.95. The van der Waals surface area contributed by atoms with Crippen LogP contribution in [0.4, 0.5) is 4.39 Å². The molecule has 9 heteroatoms. The first kappa shape index (κ1) is 24.3. The van der Waals surface area contributed by atoms with Crippen LogP contribution in [0.2, 0.25) is 0 Å². The first-order chi connectivity index (χ1) is 16.9. The number of rotatable bonds is 8.